The molecule has 0 aromatic heterocycles. The molecule has 5 heteroatoms. The molecule has 0 aliphatic rings. The standard InChI is InChI=1S/C8H4ClNO2S/c9-6-2-5(8(11)12)7(13)1-4(6)3-10/h1-2,13H,(H,11,12). The first-order valence-corrected chi connectivity index (χ1v) is 4.04. The number of halogens is 1. The summed E-state index contributed by atoms with van der Waals surface area (Å²) in [6.07, 6.45) is 0. The number of rotatable bonds is 1. The van der Waals surface area contributed by atoms with Crippen molar-refractivity contribution in [3.63, 3.8) is 0 Å². The monoisotopic (exact) mass is 213 g/mol. The minimum absolute atomic E-state index is 0.00710. The van der Waals surface area contributed by atoms with E-state index in [0.717, 1.165) is 0 Å². The van der Waals surface area contributed by atoms with E-state index in [0.29, 0.717) is 0 Å². The SMILES string of the molecule is N#Cc1cc(S)c(C(=O)O)cc1Cl. The van der Waals surface area contributed by atoms with E-state index in [4.69, 9.17) is 22.0 Å². The van der Waals surface area contributed by atoms with Crippen LogP contribution in [0.15, 0.2) is 17.0 Å². The van der Waals surface area contributed by atoms with Gasteiger partial charge in [0.1, 0.15) is 6.07 Å². The number of carboxylic acids is 1. The molecule has 1 rings (SSSR count). The highest BCUT2D eigenvalue weighted by atomic mass is 35.5. The number of hydrogen-bond acceptors (Lipinski definition) is 3. The Balaban J connectivity index is 3.39. The van der Waals surface area contributed by atoms with Crippen molar-refractivity contribution < 1.29 is 9.90 Å². The van der Waals surface area contributed by atoms with E-state index in [9.17, 15) is 4.79 Å². The van der Waals surface area contributed by atoms with Crippen LogP contribution in [0.2, 0.25) is 5.02 Å². The zero-order valence-electron chi connectivity index (χ0n) is 6.28. The van der Waals surface area contributed by atoms with Gasteiger partial charge < -0.3 is 5.11 Å². The van der Waals surface area contributed by atoms with Crippen LogP contribution in [0, 0.1) is 11.3 Å². The van der Waals surface area contributed by atoms with Crippen LogP contribution in [-0.4, -0.2) is 11.1 Å². The molecule has 0 spiro atoms. The van der Waals surface area contributed by atoms with Gasteiger partial charge in [-0.05, 0) is 12.1 Å². The average molecular weight is 214 g/mol. The molecule has 0 fully saturated rings. The molecule has 1 aromatic rings. The van der Waals surface area contributed by atoms with Crippen molar-refractivity contribution in [3.05, 3.63) is 28.3 Å². The summed E-state index contributed by atoms with van der Waals surface area (Å²) in [7, 11) is 0. The minimum Gasteiger partial charge on any atom is -0.478 e. The summed E-state index contributed by atoms with van der Waals surface area (Å²) in [4.78, 5) is 10.8. The lowest BCUT2D eigenvalue weighted by Crippen LogP contribution is -1.98. The molecule has 0 saturated carbocycles. The van der Waals surface area contributed by atoms with Crippen LogP contribution in [0.25, 0.3) is 0 Å². The molecule has 0 bridgehead atoms. The van der Waals surface area contributed by atoms with E-state index in [2.05, 4.69) is 12.6 Å². The lowest BCUT2D eigenvalue weighted by atomic mass is 10.1. The Kier molecular flexibility index (Phi) is 2.81. The van der Waals surface area contributed by atoms with Crippen molar-refractivity contribution in [2.24, 2.45) is 0 Å². The third-order valence-corrected chi connectivity index (χ3v) is 2.12. The maximum absolute atomic E-state index is 10.6. The molecule has 1 N–H and O–H groups in total. The predicted octanol–water partition coefficient (Wildman–Crippen LogP) is 2.20. The van der Waals surface area contributed by atoms with Crippen molar-refractivity contribution >= 4 is 30.2 Å². The van der Waals surface area contributed by atoms with E-state index in [1.54, 1.807) is 0 Å². The van der Waals surface area contributed by atoms with Gasteiger partial charge in [0.2, 0.25) is 0 Å². The smallest absolute Gasteiger partial charge is 0.336 e. The first kappa shape index (κ1) is 9.90. The summed E-state index contributed by atoms with van der Waals surface area (Å²) >= 11 is 9.54. The number of aromatic carboxylic acids is 1. The Morgan fingerprint density at radius 3 is 2.69 bits per heavy atom. The van der Waals surface area contributed by atoms with Gasteiger partial charge in [-0.2, -0.15) is 5.26 Å². The normalized spacial score (nSPS) is 9.31. The van der Waals surface area contributed by atoms with E-state index in [-0.39, 0.29) is 21.0 Å². The number of hydrogen-bond donors (Lipinski definition) is 2. The molecule has 0 amide bonds. The number of carbonyl (C=O) groups is 1. The Morgan fingerprint density at radius 1 is 1.62 bits per heavy atom. The number of thiol groups is 1. The van der Waals surface area contributed by atoms with Gasteiger partial charge in [0.05, 0.1) is 16.1 Å². The van der Waals surface area contributed by atoms with Gasteiger partial charge in [-0.25, -0.2) is 4.79 Å². The second-order valence-electron chi connectivity index (χ2n) is 2.27. The quantitative estimate of drug-likeness (QED) is 0.703. The molecular formula is C8H4ClNO2S. The highest BCUT2D eigenvalue weighted by Gasteiger charge is 2.11. The summed E-state index contributed by atoms with van der Waals surface area (Å²) < 4.78 is 0. The topological polar surface area (TPSA) is 61.1 Å². The Bertz CT molecular complexity index is 411. The number of benzene rings is 1. The molecule has 0 aliphatic heterocycles. The van der Waals surface area contributed by atoms with Gasteiger partial charge in [-0.3, -0.25) is 0 Å². The van der Waals surface area contributed by atoms with E-state index in [1.165, 1.54) is 12.1 Å². The van der Waals surface area contributed by atoms with Crippen LogP contribution in [0.1, 0.15) is 15.9 Å². The largest absolute Gasteiger partial charge is 0.478 e. The zero-order valence-corrected chi connectivity index (χ0v) is 7.93. The summed E-state index contributed by atoms with van der Waals surface area (Å²) in [6.45, 7) is 0. The second-order valence-corrected chi connectivity index (χ2v) is 3.16. The third kappa shape index (κ3) is 1.94. The molecule has 13 heavy (non-hydrogen) atoms. The van der Waals surface area contributed by atoms with Crippen LogP contribution >= 0.6 is 24.2 Å². The van der Waals surface area contributed by atoms with Crippen LogP contribution in [0.4, 0.5) is 0 Å². The number of nitriles is 1. The van der Waals surface area contributed by atoms with Crippen LogP contribution in [-0.2, 0) is 0 Å². The summed E-state index contributed by atoms with van der Waals surface area (Å²) in [5, 5.41) is 17.3. The Morgan fingerprint density at radius 2 is 2.23 bits per heavy atom. The van der Waals surface area contributed by atoms with Crippen molar-refractivity contribution in [3.8, 4) is 6.07 Å². The fraction of sp³-hybridized carbons (Fsp3) is 0. The Hall–Kier alpha value is -1.18. The molecule has 66 valence electrons. The van der Waals surface area contributed by atoms with Crippen molar-refractivity contribution in [2.75, 3.05) is 0 Å². The fourth-order valence-corrected chi connectivity index (χ4v) is 1.31. The molecule has 0 unspecified atom stereocenters. The highest BCUT2D eigenvalue weighted by molar-refractivity contribution is 7.80. The van der Waals surface area contributed by atoms with Crippen molar-refractivity contribution in [1.29, 1.82) is 5.26 Å². The first-order chi connectivity index (χ1) is 6.06. The number of carboxylic acid groups (broad SMARTS) is 1. The van der Waals surface area contributed by atoms with Gasteiger partial charge in [-0.1, -0.05) is 11.6 Å². The maximum atomic E-state index is 10.6. The maximum Gasteiger partial charge on any atom is 0.336 e. The van der Waals surface area contributed by atoms with Gasteiger partial charge in [0.15, 0.2) is 0 Å². The zero-order chi connectivity index (χ0) is 10.0. The van der Waals surface area contributed by atoms with Crippen LogP contribution in [0.3, 0.4) is 0 Å². The summed E-state index contributed by atoms with van der Waals surface area (Å²) in [6, 6.07) is 4.37. The second kappa shape index (κ2) is 3.69. The summed E-state index contributed by atoms with van der Waals surface area (Å²) in [5.74, 6) is -1.11. The first-order valence-electron chi connectivity index (χ1n) is 3.22. The lowest BCUT2D eigenvalue weighted by Gasteiger charge is -2.01. The van der Waals surface area contributed by atoms with Gasteiger partial charge in [-0.15, -0.1) is 12.6 Å². The van der Waals surface area contributed by atoms with Crippen LogP contribution in [0.5, 0.6) is 0 Å². The fourth-order valence-electron chi connectivity index (χ4n) is 0.819. The Labute approximate surface area is 85.0 Å². The average Bonchev–Trinajstić information content (AvgIpc) is 2.07. The lowest BCUT2D eigenvalue weighted by molar-refractivity contribution is 0.0693. The van der Waals surface area contributed by atoms with E-state index in [1.807, 2.05) is 6.07 Å². The van der Waals surface area contributed by atoms with Gasteiger partial charge >= 0.3 is 5.97 Å². The van der Waals surface area contributed by atoms with E-state index < -0.39 is 5.97 Å². The van der Waals surface area contributed by atoms with Crippen LogP contribution < -0.4 is 0 Å². The van der Waals surface area contributed by atoms with E-state index >= 15 is 0 Å². The highest BCUT2D eigenvalue weighted by Crippen LogP contribution is 2.23. The molecule has 0 saturated heterocycles. The predicted molar refractivity (Wildman–Crippen MR) is 50.4 cm³/mol. The van der Waals surface area contributed by atoms with Crippen molar-refractivity contribution in [1.82, 2.24) is 0 Å². The summed E-state index contributed by atoms with van der Waals surface area (Å²) in [5.41, 5.74) is 0.212. The molecule has 0 radical (unpaired) electrons. The molecular weight excluding hydrogens is 210 g/mol. The molecule has 3 nitrogen and oxygen atoms in total. The molecule has 0 heterocycles. The van der Waals surface area contributed by atoms with Crippen molar-refractivity contribution in [2.45, 2.75) is 4.90 Å². The molecule has 0 atom stereocenters. The van der Waals surface area contributed by atoms with Gasteiger partial charge in [0.25, 0.3) is 0 Å². The van der Waals surface area contributed by atoms with Gasteiger partial charge in [0, 0.05) is 4.90 Å². The number of nitrogens with zero attached hydrogens (tertiary/aromatic N) is 1. The minimum atomic E-state index is -1.11. The molecule has 1 aromatic carbocycles. The third-order valence-electron chi connectivity index (χ3n) is 1.44. The molecule has 0 aliphatic carbocycles.